The predicted octanol–water partition coefficient (Wildman–Crippen LogP) is 4.49. The monoisotopic (exact) mass is 389 g/mol. The molecular formula is C20H21ClFN3O2. The summed E-state index contributed by atoms with van der Waals surface area (Å²) in [5.74, 6) is -0.00633. The molecule has 0 aliphatic heterocycles. The van der Waals surface area contributed by atoms with Gasteiger partial charge in [-0.15, -0.1) is 12.4 Å². The lowest BCUT2D eigenvalue weighted by molar-refractivity contribution is -0.118. The van der Waals surface area contributed by atoms with E-state index in [0.717, 1.165) is 5.56 Å². The summed E-state index contributed by atoms with van der Waals surface area (Å²) >= 11 is 0. The van der Waals surface area contributed by atoms with E-state index in [0.29, 0.717) is 22.7 Å². The Morgan fingerprint density at radius 3 is 2.44 bits per heavy atom. The van der Waals surface area contributed by atoms with Crippen LogP contribution in [0.4, 0.5) is 10.1 Å². The molecule has 7 heteroatoms. The number of hydrogen-bond acceptors (Lipinski definition) is 4. The van der Waals surface area contributed by atoms with E-state index >= 15 is 0 Å². The Kier molecular flexibility index (Phi) is 6.71. The van der Waals surface area contributed by atoms with Crippen LogP contribution in [-0.2, 0) is 4.79 Å². The number of anilines is 1. The Morgan fingerprint density at radius 2 is 1.81 bits per heavy atom. The number of rotatable bonds is 5. The van der Waals surface area contributed by atoms with E-state index in [-0.39, 0.29) is 30.0 Å². The van der Waals surface area contributed by atoms with Crippen LogP contribution >= 0.6 is 12.4 Å². The van der Waals surface area contributed by atoms with Crippen molar-refractivity contribution >= 4 is 24.0 Å². The molecule has 142 valence electrons. The maximum Gasteiger partial charge on any atom is 0.241 e. The van der Waals surface area contributed by atoms with E-state index < -0.39 is 6.04 Å². The second-order valence-electron chi connectivity index (χ2n) is 6.42. The normalized spacial score (nSPS) is 11.7. The van der Waals surface area contributed by atoms with Gasteiger partial charge in [0.05, 0.1) is 6.04 Å². The van der Waals surface area contributed by atoms with E-state index in [1.165, 1.54) is 12.1 Å². The zero-order valence-electron chi connectivity index (χ0n) is 15.0. The average Bonchev–Trinajstić information content (AvgIpc) is 3.11. The van der Waals surface area contributed by atoms with Crippen LogP contribution in [0.25, 0.3) is 22.6 Å². The summed E-state index contributed by atoms with van der Waals surface area (Å²) in [4.78, 5) is 12.0. The number of nitrogens with zero attached hydrogens (tertiary/aromatic N) is 1. The molecule has 1 amide bonds. The fourth-order valence-electron chi connectivity index (χ4n) is 2.44. The Bertz CT molecular complexity index is 910. The smallest absolute Gasteiger partial charge is 0.241 e. The second kappa shape index (κ2) is 8.79. The van der Waals surface area contributed by atoms with E-state index in [2.05, 4.69) is 10.5 Å². The minimum atomic E-state index is -0.556. The third-order valence-corrected chi connectivity index (χ3v) is 4.09. The number of carbonyl (C=O) groups is 1. The minimum absolute atomic E-state index is 0. The molecule has 0 aliphatic carbocycles. The van der Waals surface area contributed by atoms with Crippen LogP contribution in [0.5, 0.6) is 0 Å². The zero-order chi connectivity index (χ0) is 18.7. The van der Waals surface area contributed by atoms with Crippen molar-refractivity contribution in [1.82, 2.24) is 5.16 Å². The molecule has 0 saturated heterocycles. The van der Waals surface area contributed by atoms with Crippen LogP contribution in [0.3, 0.4) is 0 Å². The lowest BCUT2D eigenvalue weighted by atomic mass is 10.0. The molecule has 5 nitrogen and oxygen atoms in total. The number of carbonyl (C=O) groups excluding carboxylic acids is 1. The fourth-order valence-corrected chi connectivity index (χ4v) is 2.44. The zero-order valence-corrected chi connectivity index (χ0v) is 15.8. The summed E-state index contributed by atoms with van der Waals surface area (Å²) in [5, 5.41) is 6.82. The van der Waals surface area contributed by atoms with Crippen LogP contribution in [-0.4, -0.2) is 17.1 Å². The molecule has 1 heterocycles. The van der Waals surface area contributed by atoms with Crippen LogP contribution in [0.2, 0.25) is 0 Å². The largest absolute Gasteiger partial charge is 0.356 e. The first-order chi connectivity index (χ1) is 12.4. The molecule has 0 aliphatic rings. The SMILES string of the molecule is CC(C)[C@H](N)C(=O)Nc1ccc(-c2cc(-c3cccc(F)c3)on2)cc1.Cl. The Morgan fingerprint density at radius 1 is 1.11 bits per heavy atom. The third kappa shape index (κ3) is 4.93. The highest BCUT2D eigenvalue weighted by Gasteiger charge is 2.17. The van der Waals surface area contributed by atoms with Gasteiger partial charge in [0.2, 0.25) is 5.91 Å². The Labute approximate surface area is 163 Å². The molecular weight excluding hydrogens is 369 g/mol. The van der Waals surface area contributed by atoms with E-state index in [9.17, 15) is 9.18 Å². The maximum absolute atomic E-state index is 13.3. The molecule has 0 radical (unpaired) electrons. The van der Waals surface area contributed by atoms with Crippen LogP contribution in [0, 0.1) is 11.7 Å². The molecule has 0 bridgehead atoms. The van der Waals surface area contributed by atoms with E-state index in [4.69, 9.17) is 10.3 Å². The van der Waals surface area contributed by atoms with Gasteiger partial charge >= 0.3 is 0 Å². The summed E-state index contributed by atoms with van der Waals surface area (Å²) in [5.41, 5.74) is 8.56. The molecule has 1 aromatic heterocycles. The predicted molar refractivity (Wildman–Crippen MR) is 106 cm³/mol. The van der Waals surface area contributed by atoms with Crippen molar-refractivity contribution in [1.29, 1.82) is 0 Å². The minimum Gasteiger partial charge on any atom is -0.356 e. The van der Waals surface area contributed by atoms with Crippen LogP contribution in [0.15, 0.2) is 59.1 Å². The van der Waals surface area contributed by atoms with Gasteiger partial charge < -0.3 is 15.6 Å². The van der Waals surface area contributed by atoms with Gasteiger partial charge in [-0.2, -0.15) is 0 Å². The van der Waals surface area contributed by atoms with Crippen molar-refractivity contribution in [2.75, 3.05) is 5.32 Å². The number of hydrogen-bond donors (Lipinski definition) is 2. The van der Waals surface area contributed by atoms with Crippen LogP contribution < -0.4 is 11.1 Å². The van der Waals surface area contributed by atoms with Gasteiger partial charge in [0, 0.05) is 22.9 Å². The summed E-state index contributed by atoms with van der Waals surface area (Å²) in [7, 11) is 0. The lowest BCUT2D eigenvalue weighted by Crippen LogP contribution is -2.39. The summed E-state index contributed by atoms with van der Waals surface area (Å²) in [6, 6.07) is 14.5. The van der Waals surface area contributed by atoms with Gasteiger partial charge in [0.25, 0.3) is 0 Å². The number of aromatic nitrogens is 1. The van der Waals surface area contributed by atoms with Crippen molar-refractivity contribution in [3.05, 3.63) is 60.4 Å². The van der Waals surface area contributed by atoms with Crippen LogP contribution in [0.1, 0.15) is 13.8 Å². The van der Waals surface area contributed by atoms with Crippen molar-refractivity contribution in [2.24, 2.45) is 11.7 Å². The third-order valence-electron chi connectivity index (χ3n) is 4.09. The average molecular weight is 390 g/mol. The quantitative estimate of drug-likeness (QED) is 0.673. The Balaban J connectivity index is 0.00000261. The molecule has 0 unspecified atom stereocenters. The molecule has 3 rings (SSSR count). The van der Waals surface area contributed by atoms with Gasteiger partial charge in [-0.05, 0) is 30.2 Å². The van der Waals surface area contributed by atoms with E-state index in [1.807, 2.05) is 26.0 Å². The van der Waals surface area contributed by atoms with Gasteiger partial charge in [0.15, 0.2) is 5.76 Å². The molecule has 1 atom stereocenters. The summed E-state index contributed by atoms with van der Waals surface area (Å²) in [6.07, 6.45) is 0. The number of nitrogens with two attached hydrogens (primary N) is 1. The van der Waals surface area contributed by atoms with Gasteiger partial charge in [-0.25, -0.2) is 4.39 Å². The van der Waals surface area contributed by atoms with Gasteiger partial charge in [0.1, 0.15) is 11.5 Å². The van der Waals surface area contributed by atoms with E-state index in [1.54, 1.807) is 30.3 Å². The Hall–Kier alpha value is -2.70. The first-order valence-corrected chi connectivity index (χ1v) is 8.33. The van der Waals surface area contributed by atoms with Crippen molar-refractivity contribution in [2.45, 2.75) is 19.9 Å². The van der Waals surface area contributed by atoms with Gasteiger partial charge in [-0.1, -0.05) is 43.3 Å². The molecule has 2 aromatic carbocycles. The molecule has 27 heavy (non-hydrogen) atoms. The van der Waals surface area contributed by atoms with Crippen molar-refractivity contribution < 1.29 is 13.7 Å². The fraction of sp³-hybridized carbons (Fsp3) is 0.200. The molecule has 3 aromatic rings. The highest BCUT2D eigenvalue weighted by atomic mass is 35.5. The summed E-state index contributed by atoms with van der Waals surface area (Å²) in [6.45, 7) is 3.79. The molecule has 0 saturated carbocycles. The number of nitrogens with one attached hydrogen (secondary N) is 1. The number of halogens is 2. The highest BCUT2D eigenvalue weighted by Crippen LogP contribution is 2.27. The lowest BCUT2D eigenvalue weighted by Gasteiger charge is -2.15. The number of amides is 1. The highest BCUT2D eigenvalue weighted by molar-refractivity contribution is 5.95. The molecule has 3 N–H and O–H groups in total. The van der Waals surface area contributed by atoms with Crippen molar-refractivity contribution in [3.8, 4) is 22.6 Å². The van der Waals surface area contributed by atoms with Gasteiger partial charge in [-0.3, -0.25) is 4.79 Å². The first-order valence-electron chi connectivity index (χ1n) is 8.33. The maximum atomic E-state index is 13.3. The summed E-state index contributed by atoms with van der Waals surface area (Å²) < 4.78 is 18.6. The number of benzene rings is 2. The second-order valence-corrected chi connectivity index (χ2v) is 6.42. The first kappa shape index (κ1) is 20.6. The molecule has 0 fully saturated rings. The van der Waals surface area contributed by atoms with Crippen molar-refractivity contribution in [3.63, 3.8) is 0 Å². The standard InChI is InChI=1S/C20H20FN3O2.ClH/c1-12(2)19(22)20(25)23-16-8-6-13(7-9-16)17-11-18(26-24-17)14-4-3-5-15(21)10-14;/h3-12,19H,22H2,1-2H3,(H,23,25);1H/t19-;/m0./s1. The topological polar surface area (TPSA) is 81.2 Å². The molecule has 0 spiro atoms.